The molecule has 2 aliphatic rings. The fourth-order valence-corrected chi connectivity index (χ4v) is 3.44. The van der Waals surface area contributed by atoms with Gasteiger partial charge in [-0.25, -0.2) is 0 Å². The van der Waals surface area contributed by atoms with Gasteiger partial charge < -0.3 is 14.0 Å². The van der Waals surface area contributed by atoms with Gasteiger partial charge in [-0.05, 0) is 38.9 Å². The summed E-state index contributed by atoms with van der Waals surface area (Å²) in [5.41, 5.74) is 2.19. The van der Waals surface area contributed by atoms with Crippen LogP contribution in [-0.2, 0) is 16.0 Å². The number of ether oxygens (including phenoxy) is 2. The van der Waals surface area contributed by atoms with E-state index in [0.717, 1.165) is 44.7 Å². The van der Waals surface area contributed by atoms with E-state index < -0.39 is 0 Å². The normalized spacial score (nSPS) is 20.7. The molecule has 0 N–H and O–H groups in total. The van der Waals surface area contributed by atoms with Gasteiger partial charge in [0.1, 0.15) is 0 Å². The highest BCUT2D eigenvalue weighted by Crippen LogP contribution is 2.26. The fourth-order valence-electron chi connectivity index (χ4n) is 3.44. The third kappa shape index (κ3) is 3.50. The van der Waals surface area contributed by atoms with Crippen LogP contribution in [0.5, 0.6) is 0 Å². The Morgan fingerprint density at radius 1 is 1.17 bits per heavy atom. The van der Waals surface area contributed by atoms with Gasteiger partial charge in [-0.15, -0.1) is 0 Å². The third-order valence-electron chi connectivity index (χ3n) is 4.77. The van der Waals surface area contributed by atoms with Crippen LogP contribution in [0.3, 0.4) is 0 Å². The smallest absolute Gasteiger partial charge is 0.241 e. The zero-order chi connectivity index (χ0) is 16.4. The minimum Gasteiger partial charge on any atom is -0.350 e. The maximum absolute atomic E-state index is 5.63. The number of aromatic nitrogens is 2. The Morgan fingerprint density at radius 3 is 2.71 bits per heavy atom. The molecule has 6 heteroatoms. The average Bonchev–Trinajstić information content (AvgIpc) is 3.27. The summed E-state index contributed by atoms with van der Waals surface area (Å²) in [6.45, 7) is 6.25. The Labute approximate surface area is 141 Å². The predicted molar refractivity (Wildman–Crippen MR) is 88.2 cm³/mol. The molecule has 3 heterocycles. The first-order valence-corrected chi connectivity index (χ1v) is 8.63. The van der Waals surface area contributed by atoms with Crippen LogP contribution in [0.1, 0.15) is 24.3 Å². The molecule has 0 saturated carbocycles. The minimum absolute atomic E-state index is 0.00322. The van der Waals surface area contributed by atoms with Gasteiger partial charge in [-0.1, -0.05) is 28.9 Å². The van der Waals surface area contributed by atoms with Gasteiger partial charge in [-0.2, -0.15) is 4.98 Å². The Bertz CT molecular complexity index is 674. The molecule has 2 aromatic rings. The quantitative estimate of drug-likeness (QED) is 0.859. The molecule has 0 aliphatic carbocycles. The van der Waals surface area contributed by atoms with Crippen molar-refractivity contribution in [2.75, 3.05) is 26.3 Å². The molecular weight excluding hydrogens is 306 g/mol. The topological polar surface area (TPSA) is 60.6 Å². The molecule has 128 valence electrons. The maximum atomic E-state index is 5.63. The highest BCUT2D eigenvalue weighted by molar-refractivity contribution is 5.55. The summed E-state index contributed by atoms with van der Waals surface area (Å²) in [6.07, 6.45) is 2.18. The van der Waals surface area contributed by atoms with Crippen molar-refractivity contribution in [3.63, 3.8) is 0 Å². The molecular formula is C18H23N3O3. The summed E-state index contributed by atoms with van der Waals surface area (Å²) < 4.78 is 16.7. The minimum atomic E-state index is 0.00322. The van der Waals surface area contributed by atoms with E-state index in [0.29, 0.717) is 24.2 Å². The van der Waals surface area contributed by atoms with Gasteiger partial charge in [0.05, 0.1) is 19.8 Å². The number of rotatable bonds is 4. The summed E-state index contributed by atoms with van der Waals surface area (Å²) >= 11 is 0. The second-order valence-corrected chi connectivity index (χ2v) is 6.60. The van der Waals surface area contributed by atoms with E-state index in [4.69, 9.17) is 14.0 Å². The number of hydrogen-bond donors (Lipinski definition) is 0. The summed E-state index contributed by atoms with van der Waals surface area (Å²) in [6, 6.07) is 8.15. The lowest BCUT2D eigenvalue weighted by Crippen LogP contribution is -2.37. The second-order valence-electron chi connectivity index (χ2n) is 6.60. The van der Waals surface area contributed by atoms with Gasteiger partial charge in [0.25, 0.3) is 0 Å². The van der Waals surface area contributed by atoms with Crippen molar-refractivity contribution < 1.29 is 14.0 Å². The largest absolute Gasteiger partial charge is 0.350 e. The molecule has 4 rings (SSSR count). The third-order valence-corrected chi connectivity index (χ3v) is 4.77. The Hall–Kier alpha value is -1.76. The summed E-state index contributed by atoms with van der Waals surface area (Å²) in [7, 11) is 0. The molecule has 0 atom stereocenters. The van der Waals surface area contributed by atoms with Crippen molar-refractivity contribution >= 4 is 0 Å². The standard InChI is InChI=1S/C18H23N3O3/c1-13-3-2-4-15(11-13)17-19-16(24-20-17)12-21-7-5-14(6-8-21)18-22-9-10-23-18/h2-4,11,14,18H,5-10,12H2,1H3. The van der Waals surface area contributed by atoms with Gasteiger partial charge in [-0.3, -0.25) is 4.90 Å². The molecule has 1 aromatic heterocycles. The van der Waals surface area contributed by atoms with Gasteiger partial charge in [0, 0.05) is 11.5 Å². The van der Waals surface area contributed by atoms with Crippen molar-refractivity contribution in [2.45, 2.75) is 32.6 Å². The second kappa shape index (κ2) is 7.01. The first-order chi connectivity index (χ1) is 11.8. The summed E-state index contributed by atoms with van der Waals surface area (Å²) in [5, 5.41) is 4.12. The van der Waals surface area contributed by atoms with Crippen molar-refractivity contribution in [3.05, 3.63) is 35.7 Å². The highest BCUT2D eigenvalue weighted by atomic mass is 16.7. The number of likely N-dealkylation sites (tertiary alicyclic amines) is 1. The zero-order valence-electron chi connectivity index (χ0n) is 14.0. The van der Waals surface area contributed by atoms with E-state index in [9.17, 15) is 0 Å². The van der Waals surface area contributed by atoms with E-state index in [2.05, 4.69) is 34.1 Å². The van der Waals surface area contributed by atoms with Gasteiger partial charge in [0.2, 0.25) is 11.7 Å². The van der Waals surface area contributed by atoms with Crippen LogP contribution in [0.4, 0.5) is 0 Å². The van der Waals surface area contributed by atoms with Crippen LogP contribution in [0.25, 0.3) is 11.4 Å². The number of nitrogens with zero attached hydrogens (tertiary/aromatic N) is 3. The fraction of sp³-hybridized carbons (Fsp3) is 0.556. The number of benzene rings is 1. The van der Waals surface area contributed by atoms with Crippen LogP contribution in [0.2, 0.25) is 0 Å². The molecule has 0 amide bonds. The summed E-state index contributed by atoms with van der Waals surface area (Å²) in [4.78, 5) is 6.90. The van der Waals surface area contributed by atoms with Gasteiger partial charge >= 0.3 is 0 Å². The summed E-state index contributed by atoms with van der Waals surface area (Å²) in [5.74, 6) is 1.85. The Kier molecular flexibility index (Phi) is 4.60. The molecule has 6 nitrogen and oxygen atoms in total. The molecule has 0 unspecified atom stereocenters. The van der Waals surface area contributed by atoms with E-state index in [-0.39, 0.29) is 6.29 Å². The lowest BCUT2D eigenvalue weighted by atomic mass is 9.96. The molecule has 2 aliphatic heterocycles. The lowest BCUT2D eigenvalue weighted by Gasteiger charge is -2.32. The van der Waals surface area contributed by atoms with Gasteiger partial charge in [0.15, 0.2) is 6.29 Å². The van der Waals surface area contributed by atoms with E-state index in [1.807, 2.05) is 12.1 Å². The predicted octanol–water partition coefficient (Wildman–Crippen LogP) is 2.63. The Morgan fingerprint density at radius 2 is 1.96 bits per heavy atom. The average molecular weight is 329 g/mol. The lowest BCUT2D eigenvalue weighted by molar-refractivity contribution is -0.0981. The number of hydrogen-bond acceptors (Lipinski definition) is 6. The van der Waals surface area contributed by atoms with Crippen LogP contribution in [0.15, 0.2) is 28.8 Å². The number of aryl methyl sites for hydroxylation is 1. The zero-order valence-corrected chi connectivity index (χ0v) is 14.0. The molecule has 0 radical (unpaired) electrons. The molecule has 24 heavy (non-hydrogen) atoms. The first-order valence-electron chi connectivity index (χ1n) is 8.63. The monoisotopic (exact) mass is 329 g/mol. The van der Waals surface area contributed by atoms with Crippen LogP contribution < -0.4 is 0 Å². The molecule has 0 spiro atoms. The van der Waals surface area contributed by atoms with Crippen molar-refractivity contribution in [1.29, 1.82) is 0 Å². The highest BCUT2D eigenvalue weighted by Gasteiger charge is 2.30. The number of piperidine rings is 1. The van der Waals surface area contributed by atoms with Crippen molar-refractivity contribution in [2.24, 2.45) is 5.92 Å². The molecule has 2 saturated heterocycles. The van der Waals surface area contributed by atoms with Crippen LogP contribution in [-0.4, -0.2) is 47.6 Å². The van der Waals surface area contributed by atoms with Crippen LogP contribution in [0, 0.1) is 12.8 Å². The SMILES string of the molecule is Cc1cccc(-c2noc(CN3CCC(C4OCCO4)CC3)n2)c1. The molecule has 1 aromatic carbocycles. The maximum Gasteiger partial charge on any atom is 0.241 e. The van der Waals surface area contributed by atoms with Crippen molar-refractivity contribution in [3.8, 4) is 11.4 Å². The first kappa shape index (κ1) is 15.7. The van der Waals surface area contributed by atoms with E-state index in [1.165, 1.54) is 5.56 Å². The molecule has 2 fully saturated rings. The molecule has 0 bridgehead atoms. The Balaban J connectivity index is 1.33. The van der Waals surface area contributed by atoms with E-state index in [1.54, 1.807) is 0 Å². The van der Waals surface area contributed by atoms with Crippen molar-refractivity contribution in [1.82, 2.24) is 15.0 Å². The van der Waals surface area contributed by atoms with E-state index >= 15 is 0 Å². The van der Waals surface area contributed by atoms with Crippen LogP contribution >= 0.6 is 0 Å².